The van der Waals surface area contributed by atoms with E-state index in [-0.39, 0.29) is 23.2 Å². The van der Waals surface area contributed by atoms with E-state index in [9.17, 15) is 13.2 Å². The number of hydrogen-bond donors (Lipinski definition) is 2. The number of benzene rings is 1. The molecule has 0 spiro atoms. The summed E-state index contributed by atoms with van der Waals surface area (Å²) in [4.78, 5) is 16.6. The van der Waals surface area contributed by atoms with E-state index in [1.807, 2.05) is 24.3 Å². The van der Waals surface area contributed by atoms with Crippen LogP contribution < -0.4 is 10.5 Å². The van der Waals surface area contributed by atoms with Crippen molar-refractivity contribution < 1.29 is 13.2 Å². The monoisotopic (exact) mass is 433 g/mol. The molecule has 1 saturated carbocycles. The maximum atomic E-state index is 12.3. The van der Waals surface area contributed by atoms with Crippen molar-refractivity contribution >= 4 is 38.7 Å². The van der Waals surface area contributed by atoms with Crippen LogP contribution in [0.15, 0.2) is 36.5 Å². The third-order valence-electron chi connectivity index (χ3n) is 4.81. The van der Waals surface area contributed by atoms with Crippen LogP contribution in [0.4, 0.5) is 5.69 Å². The minimum absolute atomic E-state index is 0.120. The molecule has 0 radical (unpaired) electrons. The fourth-order valence-electron chi connectivity index (χ4n) is 3.12. The van der Waals surface area contributed by atoms with Crippen molar-refractivity contribution in [2.24, 2.45) is 11.1 Å². The second kappa shape index (κ2) is 7.74. The summed E-state index contributed by atoms with van der Waals surface area (Å²) in [5, 5.41) is 12.6. The van der Waals surface area contributed by atoms with Crippen LogP contribution in [-0.4, -0.2) is 41.1 Å². The van der Waals surface area contributed by atoms with Gasteiger partial charge in [0.15, 0.2) is 16.6 Å². The fourth-order valence-corrected chi connectivity index (χ4v) is 3.69. The lowest BCUT2D eigenvalue weighted by Crippen LogP contribution is -2.22. The largest absolute Gasteiger partial charge is 0.381 e. The van der Waals surface area contributed by atoms with Crippen molar-refractivity contribution in [3.8, 4) is 11.3 Å². The normalized spacial score (nSPS) is 14.3. The number of nitrogens with two attached hydrogens (primary N) is 1. The molecule has 3 N–H and O–H groups in total. The Labute approximate surface area is 173 Å². The van der Waals surface area contributed by atoms with E-state index in [2.05, 4.69) is 15.4 Å². The molecule has 4 rings (SSSR count). The summed E-state index contributed by atoms with van der Waals surface area (Å²) in [5.74, 6) is 0.496. The van der Waals surface area contributed by atoms with Gasteiger partial charge in [-0.05, 0) is 18.8 Å². The Bertz CT molecular complexity index is 1170. The number of aromatic nitrogens is 3. The fraction of sp³-hybridized carbons (Fsp3) is 0.316. The van der Waals surface area contributed by atoms with Crippen molar-refractivity contribution in [3.63, 3.8) is 0 Å². The van der Waals surface area contributed by atoms with Crippen molar-refractivity contribution in [3.05, 3.63) is 47.2 Å². The standard InChI is InChI=1S/C19H20ClN5O3S/c20-18-10-15(22-7-8-29(21,27)28)19-23-11-16(25(19)24-18)13-3-5-14(6-4-13)17(26)9-12-1-2-12/h3-6,10-12,22H,1-2,7-9H2,(H2,21,27,28). The Kier molecular flexibility index (Phi) is 5.28. The molecule has 1 aliphatic rings. The molecular formula is C19H20ClN5O3S. The van der Waals surface area contributed by atoms with E-state index >= 15 is 0 Å². The number of halogens is 1. The van der Waals surface area contributed by atoms with Crippen molar-refractivity contribution in [1.82, 2.24) is 14.6 Å². The van der Waals surface area contributed by atoms with Gasteiger partial charge in [0.2, 0.25) is 10.0 Å². The number of rotatable bonds is 8. The van der Waals surface area contributed by atoms with Gasteiger partial charge in [0.1, 0.15) is 0 Å². The quantitative estimate of drug-likeness (QED) is 0.527. The summed E-state index contributed by atoms with van der Waals surface area (Å²) in [6, 6.07) is 8.93. The molecule has 1 fully saturated rings. The molecule has 8 nitrogen and oxygen atoms in total. The van der Waals surface area contributed by atoms with Crippen LogP contribution in [-0.2, 0) is 10.0 Å². The molecule has 152 valence electrons. The SMILES string of the molecule is NS(=O)(=O)CCNc1cc(Cl)nn2c(-c3ccc(C(=O)CC4CC4)cc3)cnc12. The van der Waals surface area contributed by atoms with E-state index in [0.29, 0.717) is 34.9 Å². The molecule has 29 heavy (non-hydrogen) atoms. The molecule has 2 heterocycles. The Morgan fingerprint density at radius 2 is 2.00 bits per heavy atom. The van der Waals surface area contributed by atoms with Gasteiger partial charge in [0, 0.05) is 30.2 Å². The van der Waals surface area contributed by atoms with E-state index in [4.69, 9.17) is 16.7 Å². The Morgan fingerprint density at radius 3 is 2.66 bits per heavy atom. The molecule has 0 saturated heterocycles. The van der Waals surface area contributed by atoms with Crippen molar-refractivity contribution in [2.75, 3.05) is 17.6 Å². The average molecular weight is 434 g/mol. The predicted molar refractivity (Wildman–Crippen MR) is 112 cm³/mol. The van der Waals surface area contributed by atoms with Gasteiger partial charge in [0.05, 0.1) is 23.3 Å². The van der Waals surface area contributed by atoms with Crippen LogP contribution in [0.25, 0.3) is 16.9 Å². The molecule has 10 heteroatoms. The summed E-state index contributed by atoms with van der Waals surface area (Å²) in [6.07, 6.45) is 4.56. The molecule has 2 aromatic heterocycles. The molecule has 0 aliphatic heterocycles. The minimum Gasteiger partial charge on any atom is -0.381 e. The minimum atomic E-state index is -3.58. The Morgan fingerprint density at radius 1 is 1.28 bits per heavy atom. The molecule has 0 unspecified atom stereocenters. The predicted octanol–water partition coefficient (Wildman–Crippen LogP) is 2.73. The number of nitrogens with one attached hydrogen (secondary N) is 1. The summed E-state index contributed by atoms with van der Waals surface area (Å²) in [5.41, 5.74) is 3.30. The van der Waals surface area contributed by atoms with Crippen LogP contribution in [0.3, 0.4) is 0 Å². The number of nitrogens with zero attached hydrogens (tertiary/aromatic N) is 3. The number of hydrogen-bond acceptors (Lipinski definition) is 6. The van der Waals surface area contributed by atoms with E-state index in [1.165, 1.54) is 0 Å². The summed E-state index contributed by atoms with van der Waals surface area (Å²) in [6.45, 7) is 0.120. The summed E-state index contributed by atoms with van der Waals surface area (Å²) >= 11 is 6.14. The molecule has 0 amide bonds. The van der Waals surface area contributed by atoms with Gasteiger partial charge < -0.3 is 5.32 Å². The number of sulfonamides is 1. The zero-order valence-corrected chi connectivity index (χ0v) is 17.1. The topological polar surface area (TPSA) is 119 Å². The average Bonchev–Trinajstić information content (AvgIpc) is 3.37. The first-order valence-electron chi connectivity index (χ1n) is 9.22. The van der Waals surface area contributed by atoms with Crippen molar-refractivity contribution in [2.45, 2.75) is 19.3 Å². The van der Waals surface area contributed by atoms with Gasteiger partial charge in [-0.25, -0.2) is 23.1 Å². The molecule has 1 aliphatic carbocycles. The highest BCUT2D eigenvalue weighted by atomic mass is 35.5. The molecule has 3 aromatic rings. The molecule has 0 atom stereocenters. The van der Waals surface area contributed by atoms with Crippen LogP contribution in [0.5, 0.6) is 0 Å². The first-order chi connectivity index (χ1) is 13.8. The van der Waals surface area contributed by atoms with E-state index in [1.54, 1.807) is 16.8 Å². The first-order valence-corrected chi connectivity index (χ1v) is 11.3. The lowest BCUT2D eigenvalue weighted by molar-refractivity contribution is 0.0976. The molecule has 1 aromatic carbocycles. The van der Waals surface area contributed by atoms with Gasteiger partial charge in [-0.1, -0.05) is 35.9 Å². The van der Waals surface area contributed by atoms with Gasteiger partial charge in [-0.3, -0.25) is 4.79 Å². The number of imidazole rings is 1. The molecule has 0 bridgehead atoms. The number of carbonyl (C=O) groups excluding carboxylic acids is 1. The number of anilines is 1. The maximum Gasteiger partial charge on any atom is 0.210 e. The second-order valence-electron chi connectivity index (χ2n) is 7.20. The van der Waals surface area contributed by atoms with Crippen molar-refractivity contribution in [1.29, 1.82) is 0 Å². The lowest BCUT2D eigenvalue weighted by atomic mass is 10.0. The van der Waals surface area contributed by atoms with Crippen LogP contribution in [0.2, 0.25) is 5.15 Å². The number of ketones is 1. The highest BCUT2D eigenvalue weighted by molar-refractivity contribution is 7.89. The number of Topliss-reactive ketones (excluding diaryl/α,β-unsaturated/α-hetero) is 1. The highest BCUT2D eigenvalue weighted by Gasteiger charge is 2.25. The van der Waals surface area contributed by atoms with Gasteiger partial charge >= 0.3 is 0 Å². The third-order valence-corrected chi connectivity index (χ3v) is 5.77. The number of carbonyl (C=O) groups is 1. The van der Waals surface area contributed by atoms with Gasteiger partial charge in [-0.15, -0.1) is 0 Å². The summed E-state index contributed by atoms with van der Waals surface area (Å²) in [7, 11) is -3.58. The van der Waals surface area contributed by atoms with Crippen LogP contribution in [0.1, 0.15) is 29.6 Å². The summed E-state index contributed by atoms with van der Waals surface area (Å²) < 4.78 is 23.9. The second-order valence-corrected chi connectivity index (χ2v) is 9.32. The lowest BCUT2D eigenvalue weighted by Gasteiger charge is -2.09. The van der Waals surface area contributed by atoms with Crippen LogP contribution >= 0.6 is 11.6 Å². The maximum absolute atomic E-state index is 12.3. The zero-order chi connectivity index (χ0) is 20.6. The van der Waals surface area contributed by atoms with Gasteiger partial charge in [-0.2, -0.15) is 5.10 Å². The highest BCUT2D eigenvalue weighted by Crippen LogP contribution is 2.33. The smallest absolute Gasteiger partial charge is 0.210 e. The van der Waals surface area contributed by atoms with Gasteiger partial charge in [0.25, 0.3) is 0 Å². The zero-order valence-electron chi connectivity index (χ0n) is 15.5. The number of primary sulfonamides is 1. The first kappa shape index (κ1) is 19.8. The Balaban J connectivity index is 1.60. The number of fused-ring (bicyclic) bond motifs is 1. The molecular weight excluding hydrogens is 414 g/mol. The van der Waals surface area contributed by atoms with Crippen LogP contribution in [0, 0.1) is 5.92 Å². The van der Waals surface area contributed by atoms with E-state index in [0.717, 1.165) is 18.4 Å². The van der Waals surface area contributed by atoms with E-state index < -0.39 is 10.0 Å². The Hall–Kier alpha value is -2.49. The third kappa shape index (κ3) is 4.75.